The molecule has 0 aliphatic rings. The fourth-order valence-corrected chi connectivity index (χ4v) is 3.03. The van der Waals surface area contributed by atoms with E-state index in [1.54, 1.807) is 12.3 Å². The van der Waals surface area contributed by atoms with Gasteiger partial charge in [0.25, 0.3) is 0 Å². The van der Waals surface area contributed by atoms with E-state index in [-0.39, 0.29) is 5.56 Å². The molecule has 0 spiro atoms. The highest BCUT2D eigenvalue weighted by molar-refractivity contribution is 5.92. The van der Waals surface area contributed by atoms with Crippen LogP contribution in [0.3, 0.4) is 0 Å². The topological polar surface area (TPSA) is 101 Å². The lowest BCUT2D eigenvalue weighted by atomic mass is 10.1. The predicted molar refractivity (Wildman–Crippen MR) is 104 cm³/mol. The number of carbonyl (C=O) groups is 1. The first kappa shape index (κ1) is 18.7. The van der Waals surface area contributed by atoms with Crippen molar-refractivity contribution in [1.29, 1.82) is 0 Å². The molecule has 1 aromatic carbocycles. The molecule has 8 heteroatoms. The van der Waals surface area contributed by atoms with E-state index in [0.717, 1.165) is 30.0 Å². The first-order valence-electron chi connectivity index (χ1n) is 8.76. The van der Waals surface area contributed by atoms with Crippen LogP contribution in [-0.4, -0.2) is 38.8 Å². The van der Waals surface area contributed by atoms with Crippen molar-refractivity contribution in [3.63, 3.8) is 0 Å². The molecule has 3 rings (SSSR count). The minimum absolute atomic E-state index is 0.203. The van der Waals surface area contributed by atoms with Crippen LogP contribution in [0, 0.1) is 0 Å². The number of hydrogen-bond acceptors (Lipinski definition) is 5. The van der Waals surface area contributed by atoms with E-state index in [1.165, 1.54) is 6.20 Å². The highest BCUT2D eigenvalue weighted by atomic mass is 16.4. The largest absolute Gasteiger partial charge is 0.477 e. The number of nitrogens with zero attached hydrogens (tertiary/aromatic N) is 3. The summed E-state index contributed by atoms with van der Waals surface area (Å²) in [6, 6.07) is 5.47. The molecular formula is C19H23N5O3. The summed E-state index contributed by atoms with van der Waals surface area (Å²) in [4.78, 5) is 28.2. The highest BCUT2D eigenvalue weighted by Crippen LogP contribution is 2.16. The molecule has 0 aliphatic carbocycles. The van der Waals surface area contributed by atoms with Gasteiger partial charge in [-0.05, 0) is 37.7 Å². The summed E-state index contributed by atoms with van der Waals surface area (Å²) in [5.74, 6) is -0.451. The molecule has 0 atom stereocenters. The molecule has 3 aromatic rings. The van der Waals surface area contributed by atoms with Crippen molar-refractivity contribution < 1.29 is 9.90 Å². The first-order valence-corrected chi connectivity index (χ1v) is 8.76. The maximum atomic E-state index is 12.5. The van der Waals surface area contributed by atoms with Gasteiger partial charge >= 0.3 is 5.97 Å². The zero-order chi connectivity index (χ0) is 19.4. The quantitative estimate of drug-likeness (QED) is 0.522. The van der Waals surface area contributed by atoms with E-state index in [1.807, 2.05) is 41.6 Å². The van der Waals surface area contributed by atoms with Gasteiger partial charge in [0.2, 0.25) is 11.4 Å². The van der Waals surface area contributed by atoms with Crippen LogP contribution in [0.5, 0.6) is 0 Å². The molecule has 27 heavy (non-hydrogen) atoms. The Morgan fingerprint density at radius 1 is 1.33 bits per heavy atom. The Bertz CT molecular complexity index is 1020. The minimum Gasteiger partial charge on any atom is -0.477 e. The second-order valence-electron chi connectivity index (χ2n) is 6.39. The van der Waals surface area contributed by atoms with Crippen molar-refractivity contribution in [2.24, 2.45) is 7.05 Å². The Labute approximate surface area is 156 Å². The fourth-order valence-electron chi connectivity index (χ4n) is 3.03. The third kappa shape index (κ3) is 4.01. The van der Waals surface area contributed by atoms with E-state index in [0.29, 0.717) is 18.5 Å². The molecule has 0 amide bonds. The number of carboxylic acid groups (broad SMARTS) is 1. The predicted octanol–water partition coefficient (Wildman–Crippen LogP) is 1.65. The maximum Gasteiger partial charge on any atom is 0.341 e. The van der Waals surface area contributed by atoms with E-state index >= 15 is 0 Å². The molecule has 0 radical (unpaired) electrons. The number of rotatable bonds is 8. The Morgan fingerprint density at radius 2 is 2.15 bits per heavy atom. The third-order valence-corrected chi connectivity index (χ3v) is 4.47. The van der Waals surface area contributed by atoms with Gasteiger partial charge in [0.05, 0.1) is 5.52 Å². The normalized spacial score (nSPS) is 11.0. The third-order valence-electron chi connectivity index (χ3n) is 4.47. The number of fused-ring (bicyclic) bond motifs is 1. The van der Waals surface area contributed by atoms with Gasteiger partial charge in [-0.3, -0.25) is 4.79 Å². The molecule has 0 saturated carbocycles. The van der Waals surface area contributed by atoms with Gasteiger partial charge in [0, 0.05) is 44.1 Å². The summed E-state index contributed by atoms with van der Waals surface area (Å²) < 4.78 is 3.73. The van der Waals surface area contributed by atoms with Crippen molar-refractivity contribution >= 4 is 22.8 Å². The van der Waals surface area contributed by atoms with Crippen molar-refractivity contribution in [2.75, 3.05) is 18.9 Å². The van der Waals surface area contributed by atoms with Gasteiger partial charge in [-0.1, -0.05) is 6.07 Å². The molecule has 2 aromatic heterocycles. The van der Waals surface area contributed by atoms with Crippen LogP contribution >= 0.6 is 0 Å². The first-order chi connectivity index (χ1) is 13.0. The van der Waals surface area contributed by atoms with Crippen molar-refractivity contribution in [2.45, 2.75) is 19.5 Å². The Kier molecular flexibility index (Phi) is 5.56. The summed E-state index contributed by atoms with van der Waals surface area (Å²) in [6.45, 7) is 1.97. The molecule has 0 aliphatic heterocycles. The van der Waals surface area contributed by atoms with Gasteiger partial charge in [0.15, 0.2) is 0 Å². The molecule has 0 unspecified atom stereocenters. The molecule has 0 bridgehead atoms. The minimum atomic E-state index is -1.20. The molecule has 3 N–H and O–H groups in total. The summed E-state index contributed by atoms with van der Waals surface area (Å²) in [5, 5.41) is 16.1. The van der Waals surface area contributed by atoms with Gasteiger partial charge < -0.3 is 24.9 Å². The van der Waals surface area contributed by atoms with Crippen LogP contribution in [0.15, 0.2) is 41.6 Å². The van der Waals surface area contributed by atoms with Crippen molar-refractivity contribution in [1.82, 2.24) is 19.4 Å². The van der Waals surface area contributed by atoms with Gasteiger partial charge in [-0.2, -0.15) is 0 Å². The van der Waals surface area contributed by atoms with E-state index in [4.69, 9.17) is 0 Å². The van der Waals surface area contributed by atoms with Crippen LogP contribution in [0.2, 0.25) is 0 Å². The van der Waals surface area contributed by atoms with E-state index in [2.05, 4.69) is 15.6 Å². The number of hydrogen-bond donors (Lipinski definition) is 3. The van der Waals surface area contributed by atoms with Crippen LogP contribution < -0.4 is 16.1 Å². The van der Waals surface area contributed by atoms with Crippen LogP contribution in [0.4, 0.5) is 5.95 Å². The van der Waals surface area contributed by atoms with Crippen molar-refractivity contribution in [3.05, 3.63) is 58.1 Å². The zero-order valence-corrected chi connectivity index (χ0v) is 15.4. The van der Waals surface area contributed by atoms with Crippen molar-refractivity contribution in [3.8, 4) is 0 Å². The number of imidazole rings is 1. The Morgan fingerprint density at radius 3 is 2.81 bits per heavy atom. The van der Waals surface area contributed by atoms with Gasteiger partial charge in [0.1, 0.15) is 5.56 Å². The average Bonchev–Trinajstić information content (AvgIpc) is 3.06. The number of carboxylic acids is 1. The molecule has 2 heterocycles. The summed E-state index contributed by atoms with van der Waals surface area (Å²) in [7, 11) is 3.77. The summed E-state index contributed by atoms with van der Waals surface area (Å²) in [6.07, 6.45) is 5.84. The van der Waals surface area contributed by atoms with E-state index in [9.17, 15) is 14.7 Å². The summed E-state index contributed by atoms with van der Waals surface area (Å²) in [5.41, 5.74) is 1.06. The molecule has 0 saturated heterocycles. The number of benzene rings is 1. The average molecular weight is 369 g/mol. The lowest BCUT2D eigenvalue weighted by Gasteiger charge is -2.14. The Balaban J connectivity index is 1.98. The lowest BCUT2D eigenvalue weighted by Crippen LogP contribution is -2.20. The SMILES string of the molecule is CNCCCn1cc(C(=O)O)c(=O)c2ccc(CNc3nccn3C)cc21. The van der Waals surface area contributed by atoms with Gasteiger partial charge in [-0.15, -0.1) is 0 Å². The zero-order valence-electron chi connectivity index (χ0n) is 15.4. The number of anilines is 1. The Hall–Kier alpha value is -3.13. The van der Waals surface area contributed by atoms with Crippen LogP contribution in [-0.2, 0) is 20.1 Å². The summed E-state index contributed by atoms with van der Waals surface area (Å²) >= 11 is 0. The van der Waals surface area contributed by atoms with E-state index < -0.39 is 11.4 Å². The van der Waals surface area contributed by atoms with Crippen LogP contribution in [0.1, 0.15) is 22.3 Å². The molecule has 0 fully saturated rings. The molecular weight excluding hydrogens is 346 g/mol. The maximum absolute atomic E-state index is 12.5. The number of aromatic nitrogens is 3. The number of pyridine rings is 1. The second kappa shape index (κ2) is 8.05. The molecule has 8 nitrogen and oxygen atoms in total. The molecule has 142 valence electrons. The monoisotopic (exact) mass is 369 g/mol. The number of nitrogens with one attached hydrogen (secondary N) is 2. The second-order valence-corrected chi connectivity index (χ2v) is 6.39. The standard InChI is InChI=1S/C19H23N5O3/c1-20-6-3-8-24-12-15(18(26)27)17(25)14-5-4-13(10-16(14)24)11-22-19-21-7-9-23(19)2/h4-5,7,9-10,12,20H,3,6,8,11H2,1-2H3,(H,21,22)(H,26,27). The smallest absolute Gasteiger partial charge is 0.341 e. The highest BCUT2D eigenvalue weighted by Gasteiger charge is 2.15. The fraction of sp³-hybridized carbons (Fsp3) is 0.316. The number of aryl methyl sites for hydroxylation is 2. The number of aromatic carboxylic acids is 1. The van der Waals surface area contributed by atoms with Crippen LogP contribution in [0.25, 0.3) is 10.9 Å². The lowest BCUT2D eigenvalue weighted by molar-refractivity contribution is 0.0695. The van der Waals surface area contributed by atoms with Gasteiger partial charge in [-0.25, -0.2) is 9.78 Å².